The molecule has 0 fully saturated rings. The van der Waals surface area contributed by atoms with Crippen molar-refractivity contribution in [2.45, 2.75) is 57.5 Å². The topological polar surface area (TPSA) is 26.3 Å². The fraction of sp³-hybridized carbons (Fsp3) is 0.769. The summed E-state index contributed by atoms with van der Waals surface area (Å²) in [7, 11) is -1.69. The van der Waals surface area contributed by atoms with Crippen LogP contribution in [0.2, 0.25) is 19.6 Å². The smallest absolute Gasteiger partial charge is 0.321 e. The molecular formula is C13H25ClO2Si. The Morgan fingerprint density at radius 3 is 2.35 bits per heavy atom. The normalized spacial score (nSPS) is 15.1. The van der Waals surface area contributed by atoms with Crippen LogP contribution in [-0.2, 0) is 9.53 Å². The number of ether oxygens (including phenoxy) is 1. The first kappa shape index (κ1) is 16.7. The van der Waals surface area contributed by atoms with Crippen molar-refractivity contribution in [2.75, 3.05) is 5.88 Å². The van der Waals surface area contributed by atoms with Gasteiger partial charge in [0.15, 0.2) is 0 Å². The zero-order chi connectivity index (χ0) is 13.5. The molecule has 0 saturated carbocycles. The standard InChI is InChI=1S/C13H25ClO2Si/c1-6-8-9-10-13(7-2,17(3,4)5)16-12(15)11-14/h7H,2,6,8-11H2,1,3-5H3. The third kappa shape index (κ3) is 4.84. The molecule has 0 bridgehead atoms. The summed E-state index contributed by atoms with van der Waals surface area (Å²) in [5.74, 6) is -0.432. The number of carbonyl (C=O) groups excluding carboxylic acids is 1. The average molecular weight is 277 g/mol. The van der Waals surface area contributed by atoms with E-state index in [0.717, 1.165) is 25.7 Å². The SMILES string of the molecule is C=CC(CCCCC)(OC(=O)CCl)[Si](C)(C)C. The second-order valence-corrected chi connectivity index (χ2v) is 11.0. The Labute approximate surface area is 111 Å². The molecule has 1 unspecified atom stereocenters. The molecule has 0 aromatic rings. The van der Waals surface area contributed by atoms with Gasteiger partial charge in [0.25, 0.3) is 0 Å². The van der Waals surface area contributed by atoms with Crippen LogP contribution >= 0.6 is 11.6 Å². The number of carbonyl (C=O) groups is 1. The van der Waals surface area contributed by atoms with Crippen LogP contribution in [0.3, 0.4) is 0 Å². The molecule has 100 valence electrons. The average Bonchev–Trinajstić information content (AvgIpc) is 2.26. The molecular weight excluding hydrogens is 252 g/mol. The van der Waals surface area contributed by atoms with E-state index in [4.69, 9.17) is 16.3 Å². The van der Waals surface area contributed by atoms with Gasteiger partial charge in [-0.3, -0.25) is 4.79 Å². The number of halogens is 1. The summed E-state index contributed by atoms with van der Waals surface area (Å²) in [6.45, 7) is 12.6. The van der Waals surface area contributed by atoms with Gasteiger partial charge in [-0.05, 0) is 12.8 Å². The molecule has 2 nitrogen and oxygen atoms in total. The lowest BCUT2D eigenvalue weighted by atomic mass is 10.1. The van der Waals surface area contributed by atoms with Gasteiger partial charge >= 0.3 is 5.97 Å². The molecule has 4 heteroatoms. The highest BCUT2D eigenvalue weighted by Crippen LogP contribution is 2.32. The molecule has 0 aromatic carbocycles. The van der Waals surface area contributed by atoms with E-state index in [2.05, 4.69) is 33.1 Å². The van der Waals surface area contributed by atoms with Crippen molar-refractivity contribution >= 4 is 25.6 Å². The zero-order valence-electron chi connectivity index (χ0n) is 11.5. The second kappa shape index (κ2) is 7.22. The van der Waals surface area contributed by atoms with Gasteiger partial charge in [-0.15, -0.1) is 11.6 Å². The van der Waals surface area contributed by atoms with Crippen LogP contribution in [0.15, 0.2) is 12.7 Å². The van der Waals surface area contributed by atoms with Crippen molar-refractivity contribution in [3.8, 4) is 0 Å². The lowest BCUT2D eigenvalue weighted by Gasteiger charge is -2.40. The second-order valence-electron chi connectivity index (χ2n) is 5.41. The van der Waals surface area contributed by atoms with Crippen molar-refractivity contribution in [3.63, 3.8) is 0 Å². The van der Waals surface area contributed by atoms with Crippen LogP contribution in [0.1, 0.15) is 32.6 Å². The first-order valence-electron chi connectivity index (χ1n) is 6.24. The van der Waals surface area contributed by atoms with Crippen LogP contribution in [0, 0.1) is 0 Å². The van der Waals surface area contributed by atoms with Crippen LogP contribution in [0.25, 0.3) is 0 Å². The molecule has 17 heavy (non-hydrogen) atoms. The third-order valence-corrected chi connectivity index (χ3v) is 6.47. The number of alkyl halides is 1. The lowest BCUT2D eigenvalue weighted by molar-refractivity contribution is -0.147. The predicted octanol–water partition coefficient (Wildman–Crippen LogP) is 4.15. The van der Waals surface area contributed by atoms with Crippen LogP contribution in [-0.4, -0.2) is 25.1 Å². The predicted molar refractivity (Wildman–Crippen MR) is 77.2 cm³/mol. The molecule has 0 N–H and O–H groups in total. The molecule has 0 amide bonds. The Balaban J connectivity index is 4.88. The van der Waals surface area contributed by atoms with Gasteiger partial charge in [0.05, 0.1) is 0 Å². The first-order valence-corrected chi connectivity index (χ1v) is 10.3. The Kier molecular flexibility index (Phi) is 7.10. The van der Waals surface area contributed by atoms with Crippen molar-refractivity contribution in [1.82, 2.24) is 0 Å². The number of hydrogen-bond donors (Lipinski definition) is 0. The van der Waals surface area contributed by atoms with Crippen molar-refractivity contribution in [3.05, 3.63) is 12.7 Å². The van der Waals surface area contributed by atoms with E-state index in [1.165, 1.54) is 0 Å². The van der Waals surface area contributed by atoms with Gasteiger partial charge in [-0.2, -0.15) is 0 Å². The summed E-state index contributed by atoms with van der Waals surface area (Å²) in [5.41, 5.74) is 0. The third-order valence-electron chi connectivity index (χ3n) is 3.16. The summed E-state index contributed by atoms with van der Waals surface area (Å²) in [6, 6.07) is 0. The fourth-order valence-corrected chi connectivity index (χ4v) is 3.91. The number of hydrogen-bond acceptors (Lipinski definition) is 2. The molecule has 0 radical (unpaired) electrons. The Morgan fingerprint density at radius 1 is 1.41 bits per heavy atom. The van der Waals surface area contributed by atoms with E-state index < -0.39 is 13.3 Å². The molecule has 0 aliphatic heterocycles. The van der Waals surface area contributed by atoms with Gasteiger partial charge in [-0.1, -0.05) is 52.1 Å². The number of rotatable bonds is 8. The highest BCUT2D eigenvalue weighted by molar-refractivity contribution is 6.79. The van der Waals surface area contributed by atoms with Gasteiger partial charge in [0.2, 0.25) is 0 Å². The fourth-order valence-electron chi connectivity index (χ4n) is 1.90. The molecule has 0 rings (SSSR count). The van der Waals surface area contributed by atoms with E-state index in [-0.39, 0.29) is 11.8 Å². The van der Waals surface area contributed by atoms with E-state index in [0.29, 0.717) is 0 Å². The van der Waals surface area contributed by atoms with E-state index in [1.54, 1.807) is 0 Å². The summed E-state index contributed by atoms with van der Waals surface area (Å²) in [6.07, 6.45) is 6.05. The van der Waals surface area contributed by atoms with Gasteiger partial charge in [0, 0.05) is 0 Å². The number of esters is 1. The summed E-state index contributed by atoms with van der Waals surface area (Å²) < 4.78 is 5.62. The van der Waals surface area contributed by atoms with Gasteiger partial charge in [0.1, 0.15) is 19.2 Å². The zero-order valence-corrected chi connectivity index (χ0v) is 13.3. The largest absolute Gasteiger partial charge is 0.458 e. The minimum atomic E-state index is -1.69. The van der Waals surface area contributed by atoms with E-state index >= 15 is 0 Å². The molecule has 0 spiro atoms. The number of unbranched alkanes of at least 4 members (excludes halogenated alkanes) is 2. The monoisotopic (exact) mass is 276 g/mol. The molecule has 0 aliphatic rings. The van der Waals surface area contributed by atoms with Crippen molar-refractivity contribution in [2.24, 2.45) is 0 Å². The highest BCUT2D eigenvalue weighted by atomic mass is 35.5. The van der Waals surface area contributed by atoms with Gasteiger partial charge < -0.3 is 4.74 Å². The Bertz CT molecular complexity index is 261. The summed E-state index contributed by atoms with van der Waals surface area (Å²) >= 11 is 5.53. The minimum absolute atomic E-state index is 0.0894. The first-order chi connectivity index (χ1) is 7.83. The maximum Gasteiger partial charge on any atom is 0.321 e. The lowest BCUT2D eigenvalue weighted by Crippen LogP contribution is -2.54. The van der Waals surface area contributed by atoms with E-state index in [9.17, 15) is 4.79 Å². The summed E-state index contributed by atoms with van der Waals surface area (Å²) in [4.78, 5) is 11.5. The van der Waals surface area contributed by atoms with Crippen LogP contribution in [0.5, 0.6) is 0 Å². The van der Waals surface area contributed by atoms with Crippen molar-refractivity contribution < 1.29 is 9.53 Å². The Morgan fingerprint density at radius 2 is 2.00 bits per heavy atom. The van der Waals surface area contributed by atoms with Crippen molar-refractivity contribution in [1.29, 1.82) is 0 Å². The molecule has 1 atom stereocenters. The Hall–Kier alpha value is -0.283. The van der Waals surface area contributed by atoms with Crippen LogP contribution in [0.4, 0.5) is 0 Å². The van der Waals surface area contributed by atoms with Crippen LogP contribution < -0.4 is 0 Å². The maximum atomic E-state index is 11.5. The summed E-state index contributed by atoms with van der Waals surface area (Å²) in [5, 5.41) is -0.478. The molecule has 0 heterocycles. The maximum absolute atomic E-state index is 11.5. The highest BCUT2D eigenvalue weighted by Gasteiger charge is 2.43. The molecule has 0 aliphatic carbocycles. The van der Waals surface area contributed by atoms with E-state index in [1.807, 2.05) is 6.08 Å². The van der Waals surface area contributed by atoms with Gasteiger partial charge in [-0.25, -0.2) is 0 Å². The molecule has 0 aromatic heterocycles. The minimum Gasteiger partial charge on any atom is -0.458 e. The quantitative estimate of drug-likeness (QED) is 0.219. The molecule has 0 saturated heterocycles.